The number of phenolic OH excluding ortho intramolecular Hbond substituents is 1. The molecule has 4 rings (SSSR count). The van der Waals surface area contributed by atoms with E-state index in [4.69, 9.17) is 9.47 Å². The molecular formula is C28H31N7O4. The third-order valence-corrected chi connectivity index (χ3v) is 5.37. The van der Waals surface area contributed by atoms with Crippen molar-refractivity contribution in [2.75, 3.05) is 48.9 Å². The van der Waals surface area contributed by atoms with E-state index in [-0.39, 0.29) is 11.5 Å². The molecule has 0 radical (unpaired) electrons. The quantitative estimate of drug-likeness (QED) is 0.0920. The van der Waals surface area contributed by atoms with Crippen LogP contribution in [0.4, 0.5) is 29.2 Å². The average molecular weight is 530 g/mol. The van der Waals surface area contributed by atoms with Crippen LogP contribution in [0.2, 0.25) is 0 Å². The molecule has 11 nitrogen and oxygen atoms in total. The summed E-state index contributed by atoms with van der Waals surface area (Å²) in [5.74, 6) is 1.33. The average Bonchev–Trinajstić information content (AvgIpc) is 2.96. The van der Waals surface area contributed by atoms with Gasteiger partial charge in [-0.1, -0.05) is 18.2 Å². The van der Waals surface area contributed by atoms with Gasteiger partial charge in [-0.25, -0.2) is 0 Å². The topological polar surface area (TPSA) is 143 Å². The molecule has 0 fully saturated rings. The Labute approximate surface area is 226 Å². The van der Waals surface area contributed by atoms with Crippen LogP contribution in [0.1, 0.15) is 23.2 Å². The number of nitrogens with zero attached hydrogens (tertiary/aromatic N) is 4. The Morgan fingerprint density at radius 2 is 1.41 bits per heavy atom. The maximum Gasteiger partial charge on any atom is 0.233 e. The Hall–Kier alpha value is -4.61. The van der Waals surface area contributed by atoms with Gasteiger partial charge >= 0.3 is 0 Å². The fourth-order valence-electron chi connectivity index (χ4n) is 3.46. The number of Topliss-reactive ketones (excluding diaryl/α,β-unsaturated/α-hetero) is 1. The second-order valence-corrected chi connectivity index (χ2v) is 8.39. The van der Waals surface area contributed by atoms with E-state index in [2.05, 4.69) is 35.9 Å². The van der Waals surface area contributed by atoms with Gasteiger partial charge in [0.05, 0.1) is 19.8 Å². The van der Waals surface area contributed by atoms with Crippen LogP contribution in [0.15, 0.2) is 79.1 Å². The first-order valence-corrected chi connectivity index (χ1v) is 12.6. The van der Waals surface area contributed by atoms with Crippen LogP contribution in [0.3, 0.4) is 0 Å². The van der Waals surface area contributed by atoms with Gasteiger partial charge in [0.1, 0.15) is 5.75 Å². The monoisotopic (exact) mass is 529 g/mol. The van der Waals surface area contributed by atoms with Gasteiger partial charge in [0, 0.05) is 48.9 Å². The van der Waals surface area contributed by atoms with Crippen molar-refractivity contribution in [2.45, 2.75) is 12.8 Å². The highest BCUT2D eigenvalue weighted by atomic mass is 16.5. The normalized spacial score (nSPS) is 10.7. The van der Waals surface area contributed by atoms with Gasteiger partial charge in [-0.15, -0.1) is 0 Å². The van der Waals surface area contributed by atoms with E-state index in [1.807, 2.05) is 30.3 Å². The van der Waals surface area contributed by atoms with E-state index in [0.717, 1.165) is 11.4 Å². The molecule has 0 saturated heterocycles. The van der Waals surface area contributed by atoms with Crippen LogP contribution in [0.5, 0.6) is 5.75 Å². The summed E-state index contributed by atoms with van der Waals surface area (Å²) in [6, 6.07) is 19.7. The Morgan fingerprint density at radius 1 is 0.744 bits per heavy atom. The summed E-state index contributed by atoms with van der Waals surface area (Å²) in [5, 5.41) is 19.0. The second-order valence-electron chi connectivity index (χ2n) is 8.39. The summed E-state index contributed by atoms with van der Waals surface area (Å²) >= 11 is 0. The van der Waals surface area contributed by atoms with Crippen molar-refractivity contribution in [1.29, 1.82) is 0 Å². The Kier molecular flexibility index (Phi) is 10.5. The van der Waals surface area contributed by atoms with Gasteiger partial charge in [-0.2, -0.15) is 15.0 Å². The van der Waals surface area contributed by atoms with Gasteiger partial charge in [0.15, 0.2) is 5.78 Å². The van der Waals surface area contributed by atoms with Crippen LogP contribution in [0.25, 0.3) is 0 Å². The van der Waals surface area contributed by atoms with Crippen molar-refractivity contribution >= 4 is 35.0 Å². The van der Waals surface area contributed by atoms with Gasteiger partial charge in [0.2, 0.25) is 17.8 Å². The number of carbonyl (C=O) groups excluding carboxylic acids is 1. The summed E-state index contributed by atoms with van der Waals surface area (Å²) < 4.78 is 11.2. The van der Waals surface area contributed by atoms with Gasteiger partial charge in [0.25, 0.3) is 0 Å². The molecule has 4 aromatic rings. The number of phenols is 1. The van der Waals surface area contributed by atoms with Gasteiger partial charge < -0.3 is 30.5 Å². The Balaban J connectivity index is 1.18. The summed E-state index contributed by atoms with van der Waals surface area (Å²) in [6.45, 7) is 2.28. The minimum Gasteiger partial charge on any atom is -0.508 e. The zero-order valence-electron chi connectivity index (χ0n) is 21.4. The number of ketones is 1. The highest BCUT2D eigenvalue weighted by Crippen LogP contribution is 2.20. The number of benzene rings is 2. The summed E-state index contributed by atoms with van der Waals surface area (Å²) in [7, 11) is 0. The van der Waals surface area contributed by atoms with Crippen molar-refractivity contribution in [1.82, 2.24) is 19.9 Å². The molecule has 11 heteroatoms. The molecule has 0 aliphatic rings. The molecule has 2 aromatic carbocycles. The first-order chi connectivity index (χ1) is 19.2. The molecule has 0 atom stereocenters. The first-order valence-electron chi connectivity index (χ1n) is 12.6. The number of rotatable bonds is 16. The highest BCUT2D eigenvalue weighted by molar-refractivity contribution is 5.95. The molecular weight excluding hydrogens is 498 g/mol. The lowest BCUT2D eigenvalue weighted by molar-refractivity contribution is 0.0497. The van der Waals surface area contributed by atoms with Gasteiger partial charge in [-0.05, 0) is 55.0 Å². The fraction of sp³-hybridized carbons (Fsp3) is 0.250. The number of aromatic nitrogens is 4. The van der Waals surface area contributed by atoms with Crippen molar-refractivity contribution < 1.29 is 19.4 Å². The SMILES string of the molecule is O=C(CCCOCCOCCNc1nc(Nc2ccccc2)nc(Nc2ccc(O)cc2)n1)c1cccnc1. The second kappa shape index (κ2) is 15.0. The van der Waals surface area contributed by atoms with E-state index >= 15 is 0 Å². The molecule has 0 saturated carbocycles. The molecule has 0 unspecified atom stereocenters. The predicted molar refractivity (Wildman–Crippen MR) is 149 cm³/mol. The van der Waals surface area contributed by atoms with E-state index in [1.165, 1.54) is 0 Å². The number of para-hydroxylation sites is 1. The molecule has 4 N–H and O–H groups in total. The van der Waals surface area contributed by atoms with Gasteiger partial charge in [-0.3, -0.25) is 9.78 Å². The standard InChI is InChI=1S/C28H31N7O4/c36-24-12-10-23(11-13-24)32-28-34-26(33-27(35-28)31-22-7-2-1-3-8-22)30-15-17-39-19-18-38-16-5-9-25(37)21-6-4-14-29-20-21/h1-4,6-8,10-14,20,36H,5,9,15-19H2,(H3,30,31,32,33,34,35). The number of hydrogen-bond donors (Lipinski definition) is 4. The number of hydrogen-bond acceptors (Lipinski definition) is 11. The zero-order chi connectivity index (χ0) is 27.1. The fourth-order valence-corrected chi connectivity index (χ4v) is 3.46. The molecule has 0 bridgehead atoms. The third-order valence-electron chi connectivity index (χ3n) is 5.37. The molecule has 202 valence electrons. The first kappa shape index (κ1) is 27.4. The van der Waals surface area contributed by atoms with E-state index < -0.39 is 0 Å². The largest absolute Gasteiger partial charge is 0.508 e. The lowest BCUT2D eigenvalue weighted by Crippen LogP contribution is -2.15. The zero-order valence-corrected chi connectivity index (χ0v) is 21.4. The molecule has 0 spiro atoms. The van der Waals surface area contributed by atoms with Crippen LogP contribution in [-0.2, 0) is 9.47 Å². The molecule has 0 amide bonds. The Bertz CT molecular complexity index is 1290. The number of ether oxygens (including phenoxy) is 2. The van der Waals surface area contributed by atoms with Crippen LogP contribution in [-0.4, -0.2) is 63.8 Å². The van der Waals surface area contributed by atoms with E-state index in [1.54, 1.807) is 48.8 Å². The van der Waals surface area contributed by atoms with Crippen LogP contribution in [0, 0.1) is 0 Å². The molecule has 0 aliphatic carbocycles. The molecule has 2 aromatic heterocycles. The minimum absolute atomic E-state index is 0.0657. The maximum absolute atomic E-state index is 12.0. The molecule has 39 heavy (non-hydrogen) atoms. The maximum atomic E-state index is 12.0. The predicted octanol–water partition coefficient (Wildman–Crippen LogP) is 4.57. The Morgan fingerprint density at radius 3 is 2.10 bits per heavy atom. The van der Waals surface area contributed by atoms with Crippen molar-refractivity contribution in [3.05, 3.63) is 84.7 Å². The minimum atomic E-state index is 0.0657. The summed E-state index contributed by atoms with van der Waals surface area (Å²) in [5.41, 5.74) is 2.19. The smallest absolute Gasteiger partial charge is 0.233 e. The third kappa shape index (κ3) is 9.65. The number of aromatic hydroxyl groups is 1. The lowest BCUT2D eigenvalue weighted by Gasteiger charge is -2.12. The lowest BCUT2D eigenvalue weighted by atomic mass is 10.1. The highest BCUT2D eigenvalue weighted by Gasteiger charge is 2.08. The van der Waals surface area contributed by atoms with Crippen LogP contribution < -0.4 is 16.0 Å². The van der Waals surface area contributed by atoms with Crippen molar-refractivity contribution in [3.63, 3.8) is 0 Å². The molecule has 0 aliphatic heterocycles. The molecule has 2 heterocycles. The summed E-state index contributed by atoms with van der Waals surface area (Å²) in [6.07, 6.45) is 4.30. The number of carbonyl (C=O) groups is 1. The summed E-state index contributed by atoms with van der Waals surface area (Å²) in [4.78, 5) is 29.4. The number of pyridine rings is 1. The number of nitrogens with one attached hydrogen (secondary N) is 3. The number of anilines is 5. The van der Waals surface area contributed by atoms with Crippen LogP contribution >= 0.6 is 0 Å². The van der Waals surface area contributed by atoms with E-state index in [9.17, 15) is 9.90 Å². The van der Waals surface area contributed by atoms with Crippen molar-refractivity contribution in [3.8, 4) is 5.75 Å². The van der Waals surface area contributed by atoms with E-state index in [0.29, 0.717) is 69.2 Å². The van der Waals surface area contributed by atoms with Crippen molar-refractivity contribution in [2.24, 2.45) is 0 Å².